The highest BCUT2D eigenvalue weighted by molar-refractivity contribution is 5.94. The van der Waals surface area contributed by atoms with Gasteiger partial charge in [0.2, 0.25) is 0 Å². The van der Waals surface area contributed by atoms with Crippen molar-refractivity contribution >= 4 is 5.91 Å². The molecule has 6 heteroatoms. The summed E-state index contributed by atoms with van der Waals surface area (Å²) in [5.74, 6) is 1.29. The summed E-state index contributed by atoms with van der Waals surface area (Å²) in [6.45, 7) is 7.45. The van der Waals surface area contributed by atoms with E-state index in [0.29, 0.717) is 23.6 Å². The number of aryl methyl sites for hydroxylation is 2. The molecule has 0 aliphatic heterocycles. The summed E-state index contributed by atoms with van der Waals surface area (Å²) in [6.07, 6.45) is 0. The van der Waals surface area contributed by atoms with E-state index in [1.165, 1.54) is 0 Å². The molecule has 1 N–H and O–H groups in total. The van der Waals surface area contributed by atoms with Crippen LogP contribution in [0.5, 0.6) is 11.5 Å². The number of benzene rings is 1. The van der Waals surface area contributed by atoms with Crippen LogP contribution in [0.25, 0.3) is 0 Å². The Bertz CT molecular complexity index is 710. The first-order valence-electron chi connectivity index (χ1n) is 7.96. The molecular weight excluding hydrogens is 306 g/mol. The minimum atomic E-state index is -0.129. The van der Waals surface area contributed by atoms with Gasteiger partial charge in [-0.15, -0.1) is 0 Å². The zero-order valence-electron chi connectivity index (χ0n) is 14.9. The number of nitrogens with zero attached hydrogens (tertiary/aromatic N) is 2. The first-order chi connectivity index (χ1) is 11.4. The second-order valence-corrected chi connectivity index (χ2v) is 5.99. The van der Waals surface area contributed by atoms with Crippen LogP contribution in [0.4, 0.5) is 0 Å². The van der Waals surface area contributed by atoms with Crippen LogP contribution in [0, 0.1) is 19.8 Å². The van der Waals surface area contributed by atoms with E-state index in [4.69, 9.17) is 9.47 Å². The minimum Gasteiger partial charge on any atom is -0.493 e. The Morgan fingerprint density at radius 2 is 1.92 bits per heavy atom. The number of hydrogen-bond donors (Lipinski definition) is 1. The Kier molecular flexibility index (Phi) is 5.84. The van der Waals surface area contributed by atoms with Gasteiger partial charge in [0.15, 0.2) is 11.5 Å². The van der Waals surface area contributed by atoms with Crippen molar-refractivity contribution in [2.45, 2.75) is 27.3 Å². The SMILES string of the molecule is COc1ccc(C(=O)NC[C@H](C)Cn2nc(C)cc2C)cc1OC. The summed E-state index contributed by atoms with van der Waals surface area (Å²) in [7, 11) is 3.12. The molecular formula is C18H25N3O3. The van der Waals surface area contributed by atoms with Crippen LogP contribution < -0.4 is 14.8 Å². The topological polar surface area (TPSA) is 65.4 Å². The molecule has 1 atom stereocenters. The number of methoxy groups -OCH3 is 2. The number of carbonyl (C=O) groups is 1. The molecule has 0 fully saturated rings. The molecule has 2 aromatic rings. The van der Waals surface area contributed by atoms with E-state index < -0.39 is 0 Å². The van der Waals surface area contributed by atoms with Gasteiger partial charge in [-0.1, -0.05) is 6.92 Å². The molecule has 0 saturated carbocycles. The van der Waals surface area contributed by atoms with Crippen LogP contribution in [0.3, 0.4) is 0 Å². The lowest BCUT2D eigenvalue weighted by molar-refractivity contribution is 0.0946. The van der Waals surface area contributed by atoms with E-state index in [2.05, 4.69) is 23.4 Å². The molecule has 1 amide bonds. The standard InChI is InChI=1S/C18H25N3O3/c1-12(11-21-14(3)8-13(2)20-21)10-19-18(22)15-6-7-16(23-4)17(9-15)24-5/h6-9,12H,10-11H2,1-5H3,(H,19,22)/t12-/m0/s1. The van der Waals surface area contributed by atoms with Gasteiger partial charge in [-0.2, -0.15) is 5.10 Å². The van der Waals surface area contributed by atoms with Gasteiger partial charge in [0, 0.05) is 24.3 Å². The van der Waals surface area contributed by atoms with Crippen molar-refractivity contribution in [3.63, 3.8) is 0 Å². The van der Waals surface area contributed by atoms with Gasteiger partial charge >= 0.3 is 0 Å². The molecule has 0 bridgehead atoms. The summed E-state index contributed by atoms with van der Waals surface area (Å²) < 4.78 is 12.4. The highest BCUT2D eigenvalue weighted by atomic mass is 16.5. The third-order valence-corrected chi connectivity index (χ3v) is 3.84. The van der Waals surface area contributed by atoms with Crippen LogP contribution in [0.15, 0.2) is 24.3 Å². The quantitative estimate of drug-likeness (QED) is 0.847. The van der Waals surface area contributed by atoms with Crippen LogP contribution in [-0.4, -0.2) is 36.5 Å². The van der Waals surface area contributed by atoms with Crippen LogP contribution >= 0.6 is 0 Å². The van der Waals surface area contributed by atoms with Crippen molar-refractivity contribution < 1.29 is 14.3 Å². The number of hydrogen-bond acceptors (Lipinski definition) is 4. The zero-order chi connectivity index (χ0) is 17.7. The smallest absolute Gasteiger partial charge is 0.251 e. The fraction of sp³-hybridized carbons (Fsp3) is 0.444. The Morgan fingerprint density at radius 3 is 2.50 bits per heavy atom. The fourth-order valence-electron chi connectivity index (χ4n) is 2.57. The van der Waals surface area contributed by atoms with Crippen LogP contribution in [0.1, 0.15) is 28.7 Å². The third-order valence-electron chi connectivity index (χ3n) is 3.84. The summed E-state index contributed by atoms with van der Waals surface area (Å²) in [4.78, 5) is 12.3. The van der Waals surface area contributed by atoms with Gasteiger partial charge in [0.05, 0.1) is 19.9 Å². The van der Waals surface area contributed by atoms with Gasteiger partial charge in [0.25, 0.3) is 5.91 Å². The van der Waals surface area contributed by atoms with E-state index in [0.717, 1.165) is 17.9 Å². The highest BCUT2D eigenvalue weighted by Gasteiger charge is 2.13. The maximum absolute atomic E-state index is 12.3. The van der Waals surface area contributed by atoms with Gasteiger partial charge in [-0.3, -0.25) is 9.48 Å². The van der Waals surface area contributed by atoms with E-state index in [1.807, 2.05) is 18.5 Å². The number of amides is 1. The summed E-state index contributed by atoms with van der Waals surface area (Å²) in [6, 6.07) is 7.18. The number of nitrogens with one attached hydrogen (secondary N) is 1. The Morgan fingerprint density at radius 1 is 1.21 bits per heavy atom. The van der Waals surface area contributed by atoms with E-state index in [9.17, 15) is 4.79 Å². The molecule has 0 unspecified atom stereocenters. The van der Waals surface area contributed by atoms with Crippen molar-refractivity contribution in [1.29, 1.82) is 0 Å². The van der Waals surface area contributed by atoms with Gasteiger partial charge in [-0.25, -0.2) is 0 Å². The van der Waals surface area contributed by atoms with Crippen molar-refractivity contribution in [2.75, 3.05) is 20.8 Å². The van der Waals surface area contributed by atoms with Crippen molar-refractivity contribution in [1.82, 2.24) is 15.1 Å². The Balaban J connectivity index is 1.94. The molecule has 130 valence electrons. The maximum atomic E-state index is 12.3. The normalized spacial score (nSPS) is 11.9. The van der Waals surface area contributed by atoms with Crippen molar-refractivity contribution in [3.8, 4) is 11.5 Å². The number of aromatic nitrogens is 2. The third kappa shape index (κ3) is 4.28. The van der Waals surface area contributed by atoms with Crippen LogP contribution in [0.2, 0.25) is 0 Å². The molecule has 0 spiro atoms. The molecule has 1 heterocycles. The molecule has 0 saturated heterocycles. The Hall–Kier alpha value is -2.50. The molecule has 6 nitrogen and oxygen atoms in total. The monoisotopic (exact) mass is 331 g/mol. The first-order valence-corrected chi connectivity index (χ1v) is 7.96. The molecule has 1 aromatic heterocycles. The lowest BCUT2D eigenvalue weighted by Gasteiger charge is -2.14. The second-order valence-electron chi connectivity index (χ2n) is 5.99. The van der Waals surface area contributed by atoms with Crippen molar-refractivity contribution in [3.05, 3.63) is 41.2 Å². The first kappa shape index (κ1) is 17.8. The number of carbonyl (C=O) groups excluding carboxylic acids is 1. The summed E-state index contributed by atoms with van der Waals surface area (Å²) >= 11 is 0. The lowest BCUT2D eigenvalue weighted by atomic mass is 10.1. The predicted octanol–water partition coefficient (Wildman–Crippen LogP) is 2.58. The zero-order valence-corrected chi connectivity index (χ0v) is 14.9. The second kappa shape index (κ2) is 7.86. The molecule has 1 aromatic carbocycles. The molecule has 0 aliphatic carbocycles. The largest absolute Gasteiger partial charge is 0.493 e. The molecule has 24 heavy (non-hydrogen) atoms. The van der Waals surface area contributed by atoms with Gasteiger partial charge < -0.3 is 14.8 Å². The predicted molar refractivity (Wildman–Crippen MR) is 92.7 cm³/mol. The van der Waals surface area contributed by atoms with Gasteiger partial charge in [0.1, 0.15) is 0 Å². The average Bonchev–Trinajstić information content (AvgIpc) is 2.89. The van der Waals surface area contributed by atoms with E-state index in [-0.39, 0.29) is 11.8 Å². The van der Waals surface area contributed by atoms with E-state index in [1.54, 1.807) is 32.4 Å². The summed E-state index contributed by atoms with van der Waals surface area (Å²) in [5, 5.41) is 7.41. The average molecular weight is 331 g/mol. The number of ether oxygens (including phenoxy) is 2. The number of rotatable bonds is 7. The van der Waals surface area contributed by atoms with Crippen LogP contribution in [-0.2, 0) is 6.54 Å². The lowest BCUT2D eigenvalue weighted by Crippen LogP contribution is -2.30. The highest BCUT2D eigenvalue weighted by Crippen LogP contribution is 2.27. The Labute approximate surface area is 142 Å². The minimum absolute atomic E-state index is 0.129. The molecule has 0 aliphatic rings. The van der Waals surface area contributed by atoms with Crippen molar-refractivity contribution in [2.24, 2.45) is 5.92 Å². The van der Waals surface area contributed by atoms with Gasteiger partial charge in [-0.05, 0) is 44.0 Å². The molecule has 2 rings (SSSR count). The van der Waals surface area contributed by atoms with E-state index >= 15 is 0 Å². The summed E-state index contributed by atoms with van der Waals surface area (Å²) in [5.41, 5.74) is 2.69. The maximum Gasteiger partial charge on any atom is 0.251 e. The molecule has 0 radical (unpaired) electrons. The fourth-order valence-corrected chi connectivity index (χ4v) is 2.57.